The molecule has 0 fully saturated rings. The summed E-state index contributed by atoms with van der Waals surface area (Å²) >= 11 is 0. The second-order valence-electron chi connectivity index (χ2n) is 2.21. The summed E-state index contributed by atoms with van der Waals surface area (Å²) in [6, 6.07) is 0. The molecule has 1 N–H and O–H groups in total. The summed E-state index contributed by atoms with van der Waals surface area (Å²) in [7, 11) is 3.30. The number of nitrogens with zero attached hydrogens (tertiary/aromatic N) is 1. The van der Waals surface area contributed by atoms with Gasteiger partial charge in [-0.15, -0.1) is 0 Å². The Morgan fingerprint density at radius 2 is 2.21 bits per heavy atom. The van der Waals surface area contributed by atoms with E-state index in [9.17, 15) is 0 Å². The third kappa shape index (κ3) is 2.72. The van der Waals surface area contributed by atoms with Gasteiger partial charge in [-0.05, 0) is 28.5 Å². The number of hydrogen-bond donors (Lipinski definition) is 1. The summed E-state index contributed by atoms with van der Waals surface area (Å²) in [4.78, 5) is 1.17. The summed E-state index contributed by atoms with van der Waals surface area (Å²) < 4.78 is 5.36. The van der Waals surface area contributed by atoms with Crippen molar-refractivity contribution in [2.75, 3.05) is 6.61 Å². The van der Waals surface area contributed by atoms with E-state index in [1.54, 1.807) is 21.6 Å². The number of rotatable bonds is 2. The molecule has 0 amide bonds. The van der Waals surface area contributed by atoms with Crippen LogP contribution in [0.25, 0.3) is 6.08 Å². The molecule has 0 atom stereocenters. The smallest absolute Gasteiger partial charge is 0.166 e. The van der Waals surface area contributed by atoms with Crippen LogP contribution in [0.3, 0.4) is 0 Å². The lowest BCUT2D eigenvalue weighted by Crippen LogP contribution is -1.90. The maximum atomic E-state index is 5.36. The SMILES string of the molecule is CC.CCOC1=Cc2[nH]ncc2SS1. The van der Waals surface area contributed by atoms with Crippen LogP contribution in [0, 0.1) is 0 Å². The van der Waals surface area contributed by atoms with E-state index in [1.165, 1.54) is 4.90 Å². The molecule has 0 saturated carbocycles. The second-order valence-corrected chi connectivity index (χ2v) is 4.39. The molecule has 2 rings (SSSR count). The van der Waals surface area contributed by atoms with Crippen molar-refractivity contribution in [2.45, 2.75) is 25.7 Å². The summed E-state index contributed by atoms with van der Waals surface area (Å²) in [6.45, 7) is 6.69. The first-order valence-corrected chi connectivity index (χ1v) is 6.77. The average Bonchev–Trinajstić information content (AvgIpc) is 2.68. The third-order valence-electron chi connectivity index (χ3n) is 1.39. The Kier molecular flexibility index (Phi) is 4.97. The minimum absolute atomic E-state index is 0.711. The molecule has 78 valence electrons. The van der Waals surface area contributed by atoms with Gasteiger partial charge in [0, 0.05) is 6.08 Å². The maximum absolute atomic E-state index is 5.36. The fourth-order valence-corrected chi connectivity index (χ4v) is 2.89. The number of ether oxygens (including phenoxy) is 1. The first-order valence-electron chi connectivity index (χ1n) is 4.62. The normalized spacial score (nSPS) is 13.5. The Labute approximate surface area is 92.1 Å². The quantitative estimate of drug-likeness (QED) is 0.789. The molecule has 1 aromatic heterocycles. The van der Waals surface area contributed by atoms with Crippen LogP contribution in [0.5, 0.6) is 0 Å². The molecule has 0 bridgehead atoms. The zero-order chi connectivity index (χ0) is 10.4. The molecule has 1 aliphatic heterocycles. The highest BCUT2D eigenvalue weighted by Crippen LogP contribution is 2.43. The summed E-state index contributed by atoms with van der Waals surface area (Å²) in [5.74, 6) is 0. The zero-order valence-corrected chi connectivity index (χ0v) is 10.2. The first-order chi connectivity index (χ1) is 6.90. The van der Waals surface area contributed by atoms with E-state index in [-0.39, 0.29) is 0 Å². The number of nitrogens with one attached hydrogen (secondary N) is 1. The van der Waals surface area contributed by atoms with Gasteiger partial charge in [0.05, 0.1) is 23.4 Å². The number of H-pyrrole nitrogens is 1. The molecule has 3 nitrogen and oxygen atoms in total. The molecule has 1 aliphatic rings. The molecule has 1 aromatic rings. The van der Waals surface area contributed by atoms with Crippen molar-refractivity contribution in [3.63, 3.8) is 0 Å². The number of aromatic nitrogens is 2. The lowest BCUT2D eigenvalue weighted by molar-refractivity contribution is 0.261. The Balaban J connectivity index is 0.000000461. The standard InChI is InChI=1S/C7H8N2OS2.C2H6/c1-2-10-7-3-5-6(11-12-7)4-8-9-5;1-2/h3-4H,2H2,1H3,(H,8,9);1-2H3. The van der Waals surface area contributed by atoms with E-state index in [0.29, 0.717) is 6.61 Å². The van der Waals surface area contributed by atoms with Crippen LogP contribution in [-0.2, 0) is 4.74 Å². The van der Waals surface area contributed by atoms with Crippen LogP contribution < -0.4 is 0 Å². The average molecular weight is 230 g/mol. The van der Waals surface area contributed by atoms with Crippen molar-refractivity contribution in [2.24, 2.45) is 0 Å². The second kappa shape index (κ2) is 6.03. The van der Waals surface area contributed by atoms with Crippen molar-refractivity contribution in [3.05, 3.63) is 17.0 Å². The molecule has 14 heavy (non-hydrogen) atoms. The van der Waals surface area contributed by atoms with Gasteiger partial charge in [0.25, 0.3) is 0 Å². The van der Waals surface area contributed by atoms with E-state index in [2.05, 4.69) is 10.2 Å². The summed E-state index contributed by atoms with van der Waals surface area (Å²) in [5.41, 5.74) is 1.04. The van der Waals surface area contributed by atoms with Gasteiger partial charge >= 0.3 is 0 Å². The van der Waals surface area contributed by atoms with Crippen LogP contribution in [0.1, 0.15) is 26.5 Å². The van der Waals surface area contributed by atoms with E-state index >= 15 is 0 Å². The van der Waals surface area contributed by atoms with Crippen molar-refractivity contribution < 1.29 is 4.74 Å². The highest BCUT2D eigenvalue weighted by Gasteiger charge is 2.13. The monoisotopic (exact) mass is 230 g/mol. The molecule has 0 aliphatic carbocycles. The fourth-order valence-electron chi connectivity index (χ4n) is 0.891. The first kappa shape index (κ1) is 11.5. The van der Waals surface area contributed by atoms with E-state index in [1.807, 2.05) is 33.0 Å². The van der Waals surface area contributed by atoms with Crippen molar-refractivity contribution in [3.8, 4) is 0 Å². The summed E-state index contributed by atoms with van der Waals surface area (Å²) in [5, 5.41) is 7.79. The molecule has 0 saturated heterocycles. The van der Waals surface area contributed by atoms with Crippen molar-refractivity contribution >= 4 is 27.7 Å². The molecular formula is C9H14N2OS2. The highest BCUT2D eigenvalue weighted by molar-refractivity contribution is 8.78. The Morgan fingerprint density at radius 1 is 1.43 bits per heavy atom. The van der Waals surface area contributed by atoms with E-state index < -0.39 is 0 Å². The van der Waals surface area contributed by atoms with Gasteiger partial charge in [0.2, 0.25) is 0 Å². The molecular weight excluding hydrogens is 216 g/mol. The Hall–Kier alpha value is -0.550. The van der Waals surface area contributed by atoms with Gasteiger partial charge in [-0.1, -0.05) is 13.8 Å². The zero-order valence-electron chi connectivity index (χ0n) is 8.53. The molecule has 0 radical (unpaired) electrons. The van der Waals surface area contributed by atoms with Crippen molar-refractivity contribution in [1.29, 1.82) is 0 Å². The number of aromatic amines is 1. The number of fused-ring (bicyclic) bond motifs is 1. The largest absolute Gasteiger partial charge is 0.487 e. The minimum atomic E-state index is 0.711. The third-order valence-corrected chi connectivity index (χ3v) is 3.66. The molecule has 0 unspecified atom stereocenters. The van der Waals surface area contributed by atoms with E-state index in [4.69, 9.17) is 4.74 Å². The lowest BCUT2D eigenvalue weighted by Gasteiger charge is -2.10. The Bertz CT molecular complexity index is 310. The molecule has 0 spiro atoms. The maximum Gasteiger partial charge on any atom is 0.166 e. The van der Waals surface area contributed by atoms with Gasteiger partial charge in [-0.2, -0.15) is 5.10 Å². The predicted octanol–water partition coefficient (Wildman–Crippen LogP) is 3.52. The number of hydrogen-bond acceptors (Lipinski definition) is 4. The van der Waals surface area contributed by atoms with Crippen LogP contribution >= 0.6 is 21.6 Å². The van der Waals surface area contributed by atoms with Gasteiger partial charge < -0.3 is 4.74 Å². The summed E-state index contributed by atoms with van der Waals surface area (Å²) in [6.07, 6.45) is 3.80. The van der Waals surface area contributed by atoms with Gasteiger partial charge in [0.15, 0.2) is 5.09 Å². The van der Waals surface area contributed by atoms with Crippen LogP contribution in [0.2, 0.25) is 0 Å². The molecule has 0 aromatic carbocycles. The van der Waals surface area contributed by atoms with Crippen LogP contribution in [0.15, 0.2) is 16.2 Å². The Morgan fingerprint density at radius 3 is 2.93 bits per heavy atom. The topological polar surface area (TPSA) is 37.9 Å². The van der Waals surface area contributed by atoms with Gasteiger partial charge in [0.1, 0.15) is 0 Å². The van der Waals surface area contributed by atoms with Crippen LogP contribution in [-0.4, -0.2) is 16.8 Å². The van der Waals surface area contributed by atoms with E-state index in [0.717, 1.165) is 10.8 Å². The van der Waals surface area contributed by atoms with Gasteiger partial charge in [-0.25, -0.2) is 0 Å². The van der Waals surface area contributed by atoms with Gasteiger partial charge in [-0.3, -0.25) is 5.10 Å². The van der Waals surface area contributed by atoms with Crippen LogP contribution in [0.4, 0.5) is 0 Å². The molecule has 2 heterocycles. The molecule has 5 heteroatoms. The fraction of sp³-hybridized carbons (Fsp3) is 0.444. The predicted molar refractivity (Wildman–Crippen MR) is 63.0 cm³/mol. The highest BCUT2D eigenvalue weighted by atomic mass is 33.1. The lowest BCUT2D eigenvalue weighted by atomic mass is 10.4. The minimum Gasteiger partial charge on any atom is -0.487 e. The van der Waals surface area contributed by atoms with Crippen molar-refractivity contribution in [1.82, 2.24) is 10.2 Å².